The second kappa shape index (κ2) is 12.8. The van der Waals surface area contributed by atoms with Gasteiger partial charge in [0, 0.05) is 34.6 Å². The van der Waals surface area contributed by atoms with Crippen LogP contribution in [0, 0.1) is 0 Å². The predicted octanol–water partition coefficient (Wildman–Crippen LogP) is 1.28. The molecule has 5 atom stereocenters. The Balaban J connectivity index is 2.60. The summed E-state index contributed by atoms with van der Waals surface area (Å²) in [4.78, 5) is 71.1. The van der Waals surface area contributed by atoms with E-state index in [0.29, 0.717) is 0 Å². The smallest absolute Gasteiger partial charge is 0.308 e. The largest absolute Gasteiger partial charge is 0.463 e. The minimum absolute atomic E-state index is 0.0943. The molecular formula is C24H28O13. The molecular weight excluding hydrogens is 496 g/mol. The van der Waals surface area contributed by atoms with Crippen LogP contribution in [0.2, 0.25) is 0 Å². The summed E-state index contributed by atoms with van der Waals surface area (Å²) in [6.45, 7) is 6.30. The van der Waals surface area contributed by atoms with E-state index < -0.39 is 72.9 Å². The molecule has 0 bridgehead atoms. The third-order valence-corrected chi connectivity index (χ3v) is 4.79. The highest BCUT2D eigenvalue weighted by Gasteiger charge is 2.53. The molecule has 1 fully saturated rings. The van der Waals surface area contributed by atoms with E-state index in [-0.39, 0.29) is 17.1 Å². The van der Waals surface area contributed by atoms with E-state index in [1.54, 1.807) is 0 Å². The highest BCUT2D eigenvalue weighted by atomic mass is 16.7. The maximum atomic E-state index is 12.4. The predicted molar refractivity (Wildman–Crippen MR) is 120 cm³/mol. The number of esters is 5. The Labute approximate surface area is 212 Å². The molecule has 1 heterocycles. The van der Waals surface area contributed by atoms with Crippen LogP contribution in [0.25, 0.3) is 0 Å². The SMILES string of the molecule is CC(=O)OCC1O[C@@H](Oc2cccc(OC(C)=O)c2C(C)=O)[C@@H](OC(C)=O)[C@H](OC(C)=O)[C@H]1OC(C)=O. The fourth-order valence-electron chi connectivity index (χ4n) is 3.60. The molecule has 13 nitrogen and oxygen atoms in total. The molecule has 202 valence electrons. The van der Waals surface area contributed by atoms with Gasteiger partial charge in [-0.3, -0.25) is 28.8 Å². The second-order valence-electron chi connectivity index (χ2n) is 7.96. The summed E-state index contributed by atoms with van der Waals surface area (Å²) in [5.74, 6) is -4.53. The van der Waals surface area contributed by atoms with Crippen LogP contribution in [0.3, 0.4) is 0 Å². The topological polar surface area (TPSA) is 167 Å². The molecule has 0 saturated carbocycles. The molecule has 1 aromatic carbocycles. The van der Waals surface area contributed by atoms with Gasteiger partial charge in [-0.25, -0.2) is 0 Å². The van der Waals surface area contributed by atoms with E-state index in [2.05, 4.69) is 0 Å². The molecule has 0 spiro atoms. The monoisotopic (exact) mass is 524 g/mol. The van der Waals surface area contributed by atoms with E-state index in [1.165, 1.54) is 25.1 Å². The van der Waals surface area contributed by atoms with E-state index >= 15 is 0 Å². The maximum absolute atomic E-state index is 12.4. The number of ketones is 1. The number of benzene rings is 1. The summed E-state index contributed by atoms with van der Waals surface area (Å²) in [6.07, 6.45) is -7.14. The Morgan fingerprint density at radius 3 is 1.76 bits per heavy atom. The normalized spacial score (nSPS) is 22.7. The first-order valence-electron chi connectivity index (χ1n) is 11.1. The van der Waals surface area contributed by atoms with Crippen molar-refractivity contribution in [1.82, 2.24) is 0 Å². The number of hydrogen-bond donors (Lipinski definition) is 0. The minimum atomic E-state index is -1.56. The molecule has 0 aliphatic carbocycles. The van der Waals surface area contributed by atoms with Gasteiger partial charge in [-0.1, -0.05) is 6.07 Å². The fraction of sp³-hybridized carbons (Fsp3) is 0.500. The van der Waals surface area contributed by atoms with Gasteiger partial charge < -0.3 is 33.2 Å². The quantitative estimate of drug-likeness (QED) is 0.196. The Bertz CT molecular complexity index is 1060. The van der Waals surface area contributed by atoms with Gasteiger partial charge >= 0.3 is 29.8 Å². The lowest BCUT2D eigenvalue weighted by Gasteiger charge is -2.44. The van der Waals surface area contributed by atoms with E-state index in [4.69, 9.17) is 33.2 Å². The third kappa shape index (κ3) is 8.27. The van der Waals surface area contributed by atoms with Crippen LogP contribution in [0.5, 0.6) is 11.5 Å². The lowest BCUT2D eigenvalue weighted by Crippen LogP contribution is -2.63. The van der Waals surface area contributed by atoms with Crippen molar-refractivity contribution < 1.29 is 61.9 Å². The van der Waals surface area contributed by atoms with Crippen molar-refractivity contribution in [3.8, 4) is 11.5 Å². The van der Waals surface area contributed by atoms with Crippen molar-refractivity contribution in [1.29, 1.82) is 0 Å². The first-order valence-corrected chi connectivity index (χ1v) is 11.1. The molecule has 37 heavy (non-hydrogen) atoms. The number of ether oxygens (including phenoxy) is 7. The molecule has 1 aromatic rings. The van der Waals surface area contributed by atoms with Gasteiger partial charge in [0.1, 0.15) is 29.8 Å². The van der Waals surface area contributed by atoms with Crippen molar-refractivity contribution >= 4 is 35.6 Å². The van der Waals surface area contributed by atoms with E-state index in [1.807, 2.05) is 0 Å². The van der Waals surface area contributed by atoms with Crippen LogP contribution in [0.4, 0.5) is 0 Å². The molecule has 1 aliphatic heterocycles. The average Bonchev–Trinajstić information content (AvgIpc) is 2.75. The summed E-state index contributed by atoms with van der Waals surface area (Å²) < 4.78 is 37.9. The van der Waals surface area contributed by atoms with Crippen molar-refractivity contribution in [2.24, 2.45) is 0 Å². The lowest BCUT2D eigenvalue weighted by atomic mass is 9.98. The van der Waals surface area contributed by atoms with Crippen LogP contribution in [0.1, 0.15) is 51.9 Å². The second-order valence-corrected chi connectivity index (χ2v) is 7.96. The molecule has 2 rings (SSSR count). The van der Waals surface area contributed by atoms with E-state index in [9.17, 15) is 28.8 Å². The zero-order valence-corrected chi connectivity index (χ0v) is 21.1. The number of Topliss-reactive ketones (excluding diaryl/α,β-unsaturated/α-hetero) is 1. The Kier molecular flexibility index (Phi) is 10.1. The summed E-state index contributed by atoms with van der Waals surface area (Å²) in [5, 5.41) is 0. The van der Waals surface area contributed by atoms with Crippen LogP contribution in [-0.4, -0.2) is 72.9 Å². The molecule has 1 aliphatic rings. The van der Waals surface area contributed by atoms with Crippen molar-refractivity contribution in [2.75, 3.05) is 6.61 Å². The highest BCUT2D eigenvalue weighted by molar-refractivity contribution is 6.00. The molecule has 0 radical (unpaired) electrons. The van der Waals surface area contributed by atoms with Gasteiger partial charge in [0.05, 0.1) is 0 Å². The molecule has 0 N–H and O–H groups in total. The van der Waals surface area contributed by atoms with Crippen molar-refractivity contribution in [2.45, 2.75) is 72.2 Å². The van der Waals surface area contributed by atoms with Crippen LogP contribution in [-0.2, 0) is 47.7 Å². The van der Waals surface area contributed by atoms with Crippen molar-refractivity contribution in [3.63, 3.8) is 0 Å². The Hall–Kier alpha value is -4.00. The number of carbonyl (C=O) groups is 6. The van der Waals surface area contributed by atoms with Gasteiger partial charge in [-0.05, 0) is 19.1 Å². The molecule has 1 unspecified atom stereocenters. The van der Waals surface area contributed by atoms with Gasteiger partial charge in [0.15, 0.2) is 18.0 Å². The summed E-state index contributed by atoms with van der Waals surface area (Å²) in [7, 11) is 0. The summed E-state index contributed by atoms with van der Waals surface area (Å²) in [6, 6.07) is 4.18. The van der Waals surface area contributed by atoms with Gasteiger partial charge in [0.2, 0.25) is 12.4 Å². The number of hydrogen-bond acceptors (Lipinski definition) is 13. The number of carbonyl (C=O) groups excluding carboxylic acids is 6. The lowest BCUT2D eigenvalue weighted by molar-refractivity contribution is -0.288. The Morgan fingerprint density at radius 1 is 0.703 bits per heavy atom. The summed E-state index contributed by atoms with van der Waals surface area (Å²) >= 11 is 0. The van der Waals surface area contributed by atoms with Gasteiger partial charge in [-0.15, -0.1) is 0 Å². The summed E-state index contributed by atoms with van der Waals surface area (Å²) in [5.41, 5.74) is -0.120. The van der Waals surface area contributed by atoms with Crippen LogP contribution >= 0.6 is 0 Å². The number of rotatable bonds is 9. The van der Waals surface area contributed by atoms with Crippen molar-refractivity contribution in [3.05, 3.63) is 23.8 Å². The zero-order valence-electron chi connectivity index (χ0n) is 21.1. The maximum Gasteiger partial charge on any atom is 0.308 e. The van der Waals surface area contributed by atoms with E-state index in [0.717, 1.165) is 34.6 Å². The van der Waals surface area contributed by atoms with Gasteiger partial charge in [-0.2, -0.15) is 0 Å². The Morgan fingerprint density at radius 2 is 1.24 bits per heavy atom. The zero-order chi connectivity index (χ0) is 27.9. The first-order chi connectivity index (χ1) is 17.3. The molecule has 13 heteroatoms. The van der Waals surface area contributed by atoms with Gasteiger partial charge in [0.25, 0.3) is 0 Å². The highest BCUT2D eigenvalue weighted by Crippen LogP contribution is 2.35. The molecule has 0 aromatic heterocycles. The third-order valence-electron chi connectivity index (χ3n) is 4.79. The minimum Gasteiger partial charge on any atom is -0.463 e. The standard InChI is InChI=1S/C24H28O13/c1-11(25)20-17(32-13(3)27)8-7-9-18(20)36-24-23(35-16(6)30)22(34-15(5)29)21(33-14(4)28)19(37-24)10-31-12(2)26/h7-9,19,21-24H,10H2,1-6H3/t19?,21-,22+,23-,24+/m0/s1. The van der Waals surface area contributed by atoms with Crippen LogP contribution < -0.4 is 9.47 Å². The first kappa shape index (κ1) is 29.2. The average molecular weight is 524 g/mol. The fourth-order valence-corrected chi connectivity index (χ4v) is 3.60. The van der Waals surface area contributed by atoms with Crippen LogP contribution in [0.15, 0.2) is 18.2 Å². The molecule has 1 saturated heterocycles. The molecule has 0 amide bonds.